The summed E-state index contributed by atoms with van der Waals surface area (Å²) in [5.74, 6) is -0.225. The third-order valence-corrected chi connectivity index (χ3v) is 4.48. The van der Waals surface area contributed by atoms with Gasteiger partial charge in [-0.3, -0.25) is 4.79 Å². The van der Waals surface area contributed by atoms with Crippen LogP contribution in [0.2, 0.25) is 0 Å². The van der Waals surface area contributed by atoms with Crippen LogP contribution in [0.15, 0.2) is 12.1 Å². The Kier molecular flexibility index (Phi) is 7.03. The Bertz CT molecular complexity index is 607. The van der Waals surface area contributed by atoms with Crippen LogP contribution in [0.25, 0.3) is 0 Å². The molecule has 1 rings (SSSR count). The molecule has 25 heavy (non-hydrogen) atoms. The van der Waals surface area contributed by atoms with E-state index in [-0.39, 0.29) is 17.2 Å². The highest BCUT2D eigenvalue weighted by Gasteiger charge is 2.23. The van der Waals surface area contributed by atoms with E-state index in [2.05, 4.69) is 57.4 Å². The predicted octanol–water partition coefficient (Wildman–Crippen LogP) is 2.95. The van der Waals surface area contributed by atoms with Gasteiger partial charge in [-0.05, 0) is 53.9 Å². The number of benzene rings is 1. The van der Waals surface area contributed by atoms with Crippen molar-refractivity contribution in [2.45, 2.75) is 66.3 Å². The Balaban J connectivity index is 2.76. The number of nitrogens with two attached hydrogens (primary N) is 1. The van der Waals surface area contributed by atoms with Gasteiger partial charge in [0, 0.05) is 6.54 Å². The average molecular weight is 348 g/mol. The number of rotatable bonds is 6. The summed E-state index contributed by atoms with van der Waals surface area (Å²) in [5.41, 5.74) is 10.3. The Hall–Kier alpha value is -2.04. The summed E-state index contributed by atoms with van der Waals surface area (Å²) in [7, 11) is 0. The van der Waals surface area contributed by atoms with Crippen LogP contribution in [-0.4, -0.2) is 24.5 Å². The topological polar surface area (TPSA) is 84.2 Å². The standard InChI is InChI=1S/C20H33N3O2/c1-12(2)17(23-19(21)25)18(24)22-9-8-16-13(3)10-15(11-14(16)4)20(5,6)7/h10-12,17H,8-9H2,1-7H3,(H,22,24)(H3,21,23,25)/t17-/m1/s1. The first-order valence-corrected chi connectivity index (χ1v) is 8.87. The molecular formula is C20H33N3O2. The maximum atomic E-state index is 12.3. The van der Waals surface area contributed by atoms with E-state index >= 15 is 0 Å². The fourth-order valence-electron chi connectivity index (χ4n) is 2.93. The normalized spacial score (nSPS) is 12.8. The molecule has 1 atom stereocenters. The lowest BCUT2D eigenvalue weighted by molar-refractivity contribution is -0.123. The number of hydrogen-bond donors (Lipinski definition) is 3. The summed E-state index contributed by atoms with van der Waals surface area (Å²) in [6.45, 7) is 15.1. The van der Waals surface area contributed by atoms with E-state index in [4.69, 9.17) is 5.73 Å². The molecule has 140 valence electrons. The third kappa shape index (κ3) is 6.07. The minimum atomic E-state index is -0.682. The number of aryl methyl sites for hydroxylation is 2. The second kappa shape index (κ2) is 8.37. The van der Waals surface area contributed by atoms with Crippen molar-refractivity contribution in [3.8, 4) is 0 Å². The quantitative estimate of drug-likeness (QED) is 0.739. The first-order valence-electron chi connectivity index (χ1n) is 8.87. The van der Waals surface area contributed by atoms with Crippen LogP contribution < -0.4 is 16.4 Å². The molecule has 0 unspecified atom stereocenters. The highest BCUT2D eigenvalue weighted by molar-refractivity contribution is 5.86. The maximum absolute atomic E-state index is 12.3. The van der Waals surface area contributed by atoms with Gasteiger partial charge in [-0.2, -0.15) is 0 Å². The zero-order chi connectivity index (χ0) is 19.4. The van der Waals surface area contributed by atoms with Gasteiger partial charge in [0.25, 0.3) is 0 Å². The number of hydrogen-bond acceptors (Lipinski definition) is 2. The summed E-state index contributed by atoms with van der Waals surface area (Å²) in [6.07, 6.45) is 0.759. The third-order valence-electron chi connectivity index (χ3n) is 4.48. The molecule has 0 aliphatic carbocycles. The first kappa shape index (κ1) is 21.0. The summed E-state index contributed by atoms with van der Waals surface area (Å²) in [4.78, 5) is 23.3. The molecule has 0 spiro atoms. The van der Waals surface area contributed by atoms with Gasteiger partial charge in [-0.15, -0.1) is 0 Å². The molecular weight excluding hydrogens is 314 g/mol. The Morgan fingerprint density at radius 2 is 1.64 bits per heavy atom. The van der Waals surface area contributed by atoms with E-state index in [0.29, 0.717) is 6.54 Å². The molecule has 0 heterocycles. The summed E-state index contributed by atoms with van der Waals surface area (Å²) < 4.78 is 0. The first-order chi connectivity index (χ1) is 11.4. The highest BCUT2D eigenvalue weighted by Crippen LogP contribution is 2.27. The van der Waals surface area contributed by atoms with Crippen LogP contribution in [-0.2, 0) is 16.6 Å². The van der Waals surface area contributed by atoms with Crippen molar-refractivity contribution in [1.82, 2.24) is 10.6 Å². The van der Waals surface area contributed by atoms with Gasteiger partial charge in [-0.1, -0.05) is 46.8 Å². The molecule has 5 heteroatoms. The number of carbonyl (C=O) groups excluding carboxylic acids is 2. The summed E-state index contributed by atoms with van der Waals surface area (Å²) in [6, 6.07) is 3.17. The van der Waals surface area contributed by atoms with Crippen LogP contribution in [0, 0.1) is 19.8 Å². The van der Waals surface area contributed by atoms with Crippen LogP contribution in [0.3, 0.4) is 0 Å². The lowest BCUT2D eigenvalue weighted by Gasteiger charge is -2.23. The van der Waals surface area contributed by atoms with Crippen molar-refractivity contribution < 1.29 is 9.59 Å². The molecule has 0 aromatic heterocycles. The van der Waals surface area contributed by atoms with Gasteiger partial charge in [0.2, 0.25) is 5.91 Å². The smallest absolute Gasteiger partial charge is 0.312 e. The molecule has 0 saturated heterocycles. The SMILES string of the molecule is Cc1cc(C(C)(C)C)cc(C)c1CCNC(=O)[C@H](NC(N)=O)C(C)C. The van der Waals surface area contributed by atoms with Crippen molar-refractivity contribution in [1.29, 1.82) is 0 Å². The van der Waals surface area contributed by atoms with E-state index in [0.717, 1.165) is 6.42 Å². The van der Waals surface area contributed by atoms with Gasteiger partial charge in [0.1, 0.15) is 6.04 Å². The minimum absolute atomic E-state index is 0.0259. The van der Waals surface area contributed by atoms with Crippen molar-refractivity contribution in [2.75, 3.05) is 6.54 Å². The van der Waals surface area contributed by atoms with Crippen molar-refractivity contribution in [3.63, 3.8) is 0 Å². The van der Waals surface area contributed by atoms with Crippen molar-refractivity contribution in [3.05, 3.63) is 34.4 Å². The van der Waals surface area contributed by atoms with Crippen LogP contribution in [0.4, 0.5) is 4.79 Å². The monoisotopic (exact) mass is 347 g/mol. The summed E-state index contributed by atoms with van der Waals surface area (Å²) >= 11 is 0. The molecule has 0 aliphatic heterocycles. The molecule has 0 aliphatic rings. The van der Waals surface area contributed by atoms with E-state index in [1.165, 1.54) is 22.3 Å². The highest BCUT2D eigenvalue weighted by atomic mass is 16.2. The van der Waals surface area contributed by atoms with Gasteiger partial charge in [-0.25, -0.2) is 4.79 Å². The number of urea groups is 1. The lowest BCUT2D eigenvalue weighted by Crippen LogP contribution is -2.51. The minimum Gasteiger partial charge on any atom is -0.354 e. The lowest BCUT2D eigenvalue weighted by atomic mass is 9.83. The second-order valence-electron chi connectivity index (χ2n) is 8.11. The molecule has 3 amide bonds. The number of primary amides is 1. The zero-order valence-corrected chi connectivity index (χ0v) is 16.6. The van der Waals surface area contributed by atoms with E-state index < -0.39 is 12.1 Å². The fraction of sp³-hybridized carbons (Fsp3) is 0.600. The van der Waals surface area contributed by atoms with Crippen molar-refractivity contribution in [2.24, 2.45) is 11.7 Å². The number of carbonyl (C=O) groups is 2. The van der Waals surface area contributed by atoms with Crippen LogP contribution in [0.1, 0.15) is 56.9 Å². The molecule has 0 saturated carbocycles. The molecule has 5 nitrogen and oxygen atoms in total. The Morgan fingerprint density at radius 3 is 2.04 bits per heavy atom. The van der Waals surface area contributed by atoms with E-state index in [9.17, 15) is 9.59 Å². The Morgan fingerprint density at radius 1 is 1.12 bits per heavy atom. The molecule has 1 aromatic carbocycles. The van der Waals surface area contributed by atoms with Crippen molar-refractivity contribution >= 4 is 11.9 Å². The van der Waals surface area contributed by atoms with Gasteiger partial charge in [0.05, 0.1) is 0 Å². The average Bonchev–Trinajstić information content (AvgIpc) is 2.45. The number of amides is 3. The van der Waals surface area contributed by atoms with E-state index in [1.54, 1.807) is 0 Å². The second-order valence-corrected chi connectivity index (χ2v) is 8.11. The molecule has 0 bridgehead atoms. The zero-order valence-electron chi connectivity index (χ0n) is 16.6. The number of nitrogens with one attached hydrogen (secondary N) is 2. The van der Waals surface area contributed by atoms with Gasteiger partial charge < -0.3 is 16.4 Å². The largest absolute Gasteiger partial charge is 0.354 e. The molecule has 0 fully saturated rings. The maximum Gasteiger partial charge on any atom is 0.312 e. The predicted molar refractivity (Wildman–Crippen MR) is 103 cm³/mol. The van der Waals surface area contributed by atoms with Gasteiger partial charge in [0.15, 0.2) is 0 Å². The van der Waals surface area contributed by atoms with Crippen LogP contribution in [0.5, 0.6) is 0 Å². The van der Waals surface area contributed by atoms with Gasteiger partial charge >= 0.3 is 6.03 Å². The molecule has 0 radical (unpaired) electrons. The molecule has 4 N–H and O–H groups in total. The Labute approximate surface area is 151 Å². The summed E-state index contributed by atoms with van der Waals surface area (Å²) in [5, 5.41) is 5.41. The van der Waals surface area contributed by atoms with Crippen LogP contribution >= 0.6 is 0 Å². The fourth-order valence-corrected chi connectivity index (χ4v) is 2.93. The van der Waals surface area contributed by atoms with E-state index in [1.807, 2.05) is 13.8 Å². The molecule has 1 aromatic rings.